The Labute approximate surface area is 103 Å². The lowest BCUT2D eigenvalue weighted by molar-refractivity contribution is 0.0698. The molecule has 0 aliphatic rings. The highest BCUT2D eigenvalue weighted by Crippen LogP contribution is 2.21. The molecule has 1 aromatic heterocycles. The molecule has 0 atom stereocenters. The van der Waals surface area contributed by atoms with Gasteiger partial charge in [0.2, 0.25) is 0 Å². The lowest BCUT2D eigenvalue weighted by atomic mass is 10.2. The summed E-state index contributed by atoms with van der Waals surface area (Å²) in [7, 11) is 0. The Morgan fingerprint density at radius 1 is 1.39 bits per heavy atom. The van der Waals surface area contributed by atoms with Crippen molar-refractivity contribution in [2.75, 3.05) is 5.32 Å². The molecular weight excluding hydrogens is 235 g/mol. The van der Waals surface area contributed by atoms with E-state index in [2.05, 4.69) is 10.3 Å². The van der Waals surface area contributed by atoms with Gasteiger partial charge >= 0.3 is 5.97 Å². The zero-order valence-electron chi connectivity index (χ0n) is 9.64. The van der Waals surface area contributed by atoms with Gasteiger partial charge in [-0.1, -0.05) is 0 Å². The molecule has 0 aliphatic carbocycles. The molecule has 0 aliphatic heterocycles. The highest BCUT2D eigenvalue weighted by atomic mass is 19.1. The number of rotatable bonds is 3. The number of aryl methyl sites for hydroxylation is 1. The van der Waals surface area contributed by atoms with Crippen molar-refractivity contribution in [3.8, 4) is 0 Å². The van der Waals surface area contributed by atoms with Crippen LogP contribution in [-0.2, 0) is 0 Å². The van der Waals surface area contributed by atoms with E-state index < -0.39 is 5.97 Å². The van der Waals surface area contributed by atoms with E-state index in [4.69, 9.17) is 5.11 Å². The normalized spacial score (nSPS) is 10.1. The van der Waals surface area contributed by atoms with Crippen LogP contribution in [0.3, 0.4) is 0 Å². The summed E-state index contributed by atoms with van der Waals surface area (Å²) in [5, 5.41) is 11.9. The van der Waals surface area contributed by atoms with Crippen LogP contribution in [0.2, 0.25) is 0 Å². The van der Waals surface area contributed by atoms with Gasteiger partial charge in [0.1, 0.15) is 5.82 Å². The number of nitrogens with one attached hydrogen (secondary N) is 1. The van der Waals surface area contributed by atoms with Gasteiger partial charge in [-0.25, -0.2) is 9.18 Å². The molecule has 0 bridgehead atoms. The minimum absolute atomic E-state index is 0.0897. The molecule has 2 N–H and O–H groups in total. The Hall–Kier alpha value is -2.43. The maximum absolute atomic E-state index is 13.2. The maximum Gasteiger partial charge on any atom is 0.337 e. The average Bonchev–Trinajstić information content (AvgIpc) is 2.27. The fraction of sp³-hybridized carbons (Fsp3) is 0.0769. The number of pyridine rings is 1. The van der Waals surface area contributed by atoms with Gasteiger partial charge in [-0.15, -0.1) is 0 Å². The Bertz CT molecular complexity index is 579. The molecule has 0 spiro atoms. The molecular formula is C13H11FN2O2. The number of benzene rings is 1. The van der Waals surface area contributed by atoms with Crippen LogP contribution in [0.1, 0.15) is 15.9 Å². The summed E-state index contributed by atoms with van der Waals surface area (Å²) in [5.41, 5.74) is 1.66. The van der Waals surface area contributed by atoms with Crippen LogP contribution in [0.4, 0.5) is 15.8 Å². The molecule has 92 valence electrons. The summed E-state index contributed by atoms with van der Waals surface area (Å²) >= 11 is 0. The number of carbonyl (C=O) groups is 1. The molecule has 18 heavy (non-hydrogen) atoms. The fourth-order valence-corrected chi connectivity index (χ4v) is 1.64. The summed E-state index contributed by atoms with van der Waals surface area (Å²) in [5.74, 6) is -1.44. The molecule has 2 aromatic rings. The van der Waals surface area contributed by atoms with Crippen molar-refractivity contribution in [2.45, 2.75) is 6.92 Å². The summed E-state index contributed by atoms with van der Waals surface area (Å²) in [6.07, 6.45) is 2.79. The fourth-order valence-electron chi connectivity index (χ4n) is 1.64. The monoisotopic (exact) mass is 246 g/mol. The van der Waals surface area contributed by atoms with Crippen LogP contribution in [0.5, 0.6) is 0 Å². The number of hydrogen-bond acceptors (Lipinski definition) is 3. The summed E-state index contributed by atoms with van der Waals surface area (Å²) in [6.45, 7) is 1.76. The van der Waals surface area contributed by atoms with Gasteiger partial charge in [0.25, 0.3) is 0 Å². The zero-order chi connectivity index (χ0) is 13.1. The number of carboxylic acids is 1. The third-order valence-electron chi connectivity index (χ3n) is 2.37. The number of aromatic nitrogens is 1. The van der Waals surface area contributed by atoms with Crippen LogP contribution in [0, 0.1) is 12.7 Å². The van der Waals surface area contributed by atoms with E-state index in [0.29, 0.717) is 11.4 Å². The molecule has 1 aromatic carbocycles. The van der Waals surface area contributed by atoms with Crippen LogP contribution < -0.4 is 5.32 Å². The number of carboxylic acid groups (broad SMARTS) is 1. The molecule has 0 unspecified atom stereocenters. The molecule has 0 fully saturated rings. The number of halogens is 1. The highest BCUT2D eigenvalue weighted by molar-refractivity contribution is 5.94. The van der Waals surface area contributed by atoms with E-state index in [9.17, 15) is 9.18 Å². The topological polar surface area (TPSA) is 62.2 Å². The Kier molecular flexibility index (Phi) is 3.23. The molecule has 2 rings (SSSR count). The third kappa shape index (κ3) is 2.63. The molecule has 4 nitrogen and oxygen atoms in total. The minimum Gasteiger partial charge on any atom is -0.478 e. The van der Waals surface area contributed by atoms with Gasteiger partial charge in [-0.05, 0) is 36.8 Å². The standard InChI is InChI=1S/C13H11FN2O2/c1-8-4-9(14)6-10(5-8)16-12-7-15-3-2-11(12)13(17)18/h2-7,16H,1H3,(H,17,18). The average molecular weight is 246 g/mol. The number of anilines is 2. The lowest BCUT2D eigenvalue weighted by Crippen LogP contribution is -2.03. The molecule has 0 saturated heterocycles. The smallest absolute Gasteiger partial charge is 0.337 e. The van der Waals surface area contributed by atoms with Crippen molar-refractivity contribution in [1.82, 2.24) is 4.98 Å². The predicted octanol–water partition coefficient (Wildman–Crippen LogP) is 2.97. The van der Waals surface area contributed by atoms with E-state index >= 15 is 0 Å². The van der Waals surface area contributed by atoms with Crippen LogP contribution >= 0.6 is 0 Å². The predicted molar refractivity (Wildman–Crippen MR) is 65.6 cm³/mol. The lowest BCUT2D eigenvalue weighted by Gasteiger charge is -2.09. The number of aromatic carboxylic acids is 1. The van der Waals surface area contributed by atoms with Crippen molar-refractivity contribution >= 4 is 17.3 Å². The Balaban J connectivity index is 2.37. The van der Waals surface area contributed by atoms with Gasteiger partial charge in [0, 0.05) is 11.9 Å². The molecule has 5 heteroatoms. The van der Waals surface area contributed by atoms with Crippen LogP contribution in [0.15, 0.2) is 36.7 Å². The van der Waals surface area contributed by atoms with Gasteiger partial charge < -0.3 is 10.4 Å². The molecule has 0 radical (unpaired) electrons. The maximum atomic E-state index is 13.2. The number of hydrogen-bond donors (Lipinski definition) is 2. The zero-order valence-corrected chi connectivity index (χ0v) is 9.64. The Morgan fingerprint density at radius 3 is 2.83 bits per heavy atom. The van der Waals surface area contributed by atoms with E-state index in [0.717, 1.165) is 5.56 Å². The van der Waals surface area contributed by atoms with Crippen molar-refractivity contribution < 1.29 is 14.3 Å². The molecule has 0 amide bonds. The van der Waals surface area contributed by atoms with Gasteiger partial charge in [0.15, 0.2) is 0 Å². The first-order valence-electron chi connectivity index (χ1n) is 5.28. The first-order valence-corrected chi connectivity index (χ1v) is 5.28. The van der Waals surface area contributed by atoms with E-state index in [-0.39, 0.29) is 11.4 Å². The van der Waals surface area contributed by atoms with Crippen molar-refractivity contribution in [3.63, 3.8) is 0 Å². The highest BCUT2D eigenvalue weighted by Gasteiger charge is 2.10. The molecule has 1 heterocycles. The largest absolute Gasteiger partial charge is 0.478 e. The second-order valence-corrected chi connectivity index (χ2v) is 3.87. The van der Waals surface area contributed by atoms with Crippen LogP contribution in [-0.4, -0.2) is 16.1 Å². The van der Waals surface area contributed by atoms with E-state index in [1.54, 1.807) is 13.0 Å². The summed E-state index contributed by atoms with van der Waals surface area (Å²) in [6, 6.07) is 5.80. The van der Waals surface area contributed by atoms with Crippen molar-refractivity contribution in [3.05, 3.63) is 53.6 Å². The number of nitrogens with zero attached hydrogens (tertiary/aromatic N) is 1. The van der Waals surface area contributed by atoms with Crippen molar-refractivity contribution in [1.29, 1.82) is 0 Å². The van der Waals surface area contributed by atoms with Gasteiger partial charge in [-0.2, -0.15) is 0 Å². The van der Waals surface area contributed by atoms with E-state index in [1.807, 2.05) is 0 Å². The van der Waals surface area contributed by atoms with Gasteiger partial charge in [0.05, 0.1) is 17.4 Å². The second-order valence-electron chi connectivity index (χ2n) is 3.87. The summed E-state index contributed by atoms with van der Waals surface area (Å²) < 4.78 is 13.2. The quantitative estimate of drug-likeness (QED) is 0.874. The van der Waals surface area contributed by atoms with Crippen molar-refractivity contribution in [2.24, 2.45) is 0 Å². The SMILES string of the molecule is Cc1cc(F)cc(Nc2cnccc2C(=O)O)c1. The molecule has 0 saturated carbocycles. The Morgan fingerprint density at radius 2 is 2.17 bits per heavy atom. The third-order valence-corrected chi connectivity index (χ3v) is 2.37. The van der Waals surface area contributed by atoms with Gasteiger partial charge in [-0.3, -0.25) is 4.98 Å². The second kappa shape index (κ2) is 4.83. The first-order chi connectivity index (χ1) is 8.56. The first kappa shape index (κ1) is 12.0. The van der Waals surface area contributed by atoms with E-state index in [1.165, 1.54) is 30.6 Å². The minimum atomic E-state index is -1.06. The summed E-state index contributed by atoms with van der Waals surface area (Å²) in [4.78, 5) is 14.9. The van der Waals surface area contributed by atoms with Crippen LogP contribution in [0.25, 0.3) is 0 Å².